The summed E-state index contributed by atoms with van der Waals surface area (Å²) in [5.74, 6) is 0. The summed E-state index contributed by atoms with van der Waals surface area (Å²) >= 11 is 7.92. The molecule has 1 unspecified atom stereocenters. The Bertz CT molecular complexity index is 790. The molecule has 0 radical (unpaired) electrons. The molecule has 3 aromatic rings. The summed E-state index contributed by atoms with van der Waals surface area (Å²) in [4.78, 5) is 8.08. The fourth-order valence-corrected chi connectivity index (χ4v) is 3.83. The highest BCUT2D eigenvalue weighted by molar-refractivity contribution is 7.10. The Balaban J connectivity index is 1.70. The molecule has 1 aromatic carbocycles. The van der Waals surface area contributed by atoms with E-state index in [0.29, 0.717) is 0 Å². The summed E-state index contributed by atoms with van der Waals surface area (Å²) in [6, 6.07) is 12.1. The van der Waals surface area contributed by atoms with Gasteiger partial charge in [0.05, 0.1) is 12.1 Å². The summed E-state index contributed by atoms with van der Waals surface area (Å²) in [6.45, 7) is 2.46. The Morgan fingerprint density at radius 1 is 1.27 bits per heavy atom. The summed E-state index contributed by atoms with van der Waals surface area (Å²) in [7, 11) is 0. The minimum absolute atomic E-state index is 0.135. The fraction of sp³-hybridized carbons (Fsp3) is 0.235. The molecule has 0 saturated carbocycles. The molecule has 1 aliphatic rings. The molecule has 1 aliphatic heterocycles. The number of benzene rings is 1. The number of morpholine rings is 1. The van der Waals surface area contributed by atoms with Crippen molar-refractivity contribution in [1.29, 1.82) is 0 Å². The highest BCUT2D eigenvalue weighted by Crippen LogP contribution is 2.32. The normalized spacial score (nSPS) is 18.8. The van der Waals surface area contributed by atoms with Crippen LogP contribution in [0.4, 0.5) is 5.69 Å². The molecule has 2 aromatic heterocycles. The van der Waals surface area contributed by atoms with Gasteiger partial charge in [0.2, 0.25) is 0 Å². The van der Waals surface area contributed by atoms with Gasteiger partial charge in [-0.1, -0.05) is 17.7 Å². The van der Waals surface area contributed by atoms with E-state index in [1.165, 1.54) is 10.6 Å². The Kier molecular flexibility index (Phi) is 3.74. The van der Waals surface area contributed by atoms with Gasteiger partial charge in [0.25, 0.3) is 0 Å². The number of rotatable bonds is 2. The maximum Gasteiger partial charge on any atom is 0.109 e. The second-order valence-corrected chi connectivity index (χ2v) is 6.73. The molecule has 1 saturated heterocycles. The number of hydrogen-bond acceptors (Lipinski definition) is 4. The summed E-state index contributed by atoms with van der Waals surface area (Å²) in [5.41, 5.74) is 2.15. The number of fused-ring (bicyclic) bond motifs is 1. The van der Waals surface area contributed by atoms with Crippen LogP contribution in [0.5, 0.6) is 0 Å². The number of ether oxygens (including phenoxy) is 1. The van der Waals surface area contributed by atoms with E-state index in [0.717, 1.165) is 35.6 Å². The van der Waals surface area contributed by atoms with Gasteiger partial charge in [-0.3, -0.25) is 4.98 Å². The Labute approximate surface area is 138 Å². The lowest BCUT2D eigenvalue weighted by Crippen LogP contribution is -2.38. The molecule has 4 rings (SSSR count). The van der Waals surface area contributed by atoms with Gasteiger partial charge in [-0.05, 0) is 35.7 Å². The third-order valence-corrected chi connectivity index (χ3v) is 5.15. The van der Waals surface area contributed by atoms with Crippen molar-refractivity contribution >= 4 is 39.5 Å². The van der Waals surface area contributed by atoms with E-state index < -0.39 is 0 Å². The molecule has 5 heteroatoms. The Morgan fingerprint density at radius 3 is 3.09 bits per heavy atom. The molecule has 22 heavy (non-hydrogen) atoms. The molecule has 3 heterocycles. The molecular weight excluding hydrogens is 316 g/mol. The van der Waals surface area contributed by atoms with Gasteiger partial charge >= 0.3 is 0 Å². The van der Waals surface area contributed by atoms with Crippen LogP contribution >= 0.6 is 22.9 Å². The second kappa shape index (κ2) is 5.88. The van der Waals surface area contributed by atoms with Gasteiger partial charge < -0.3 is 9.64 Å². The monoisotopic (exact) mass is 330 g/mol. The minimum Gasteiger partial charge on any atom is -0.369 e. The summed E-state index contributed by atoms with van der Waals surface area (Å²) in [5, 5.41) is 3.94. The lowest BCUT2D eigenvalue weighted by Gasteiger charge is -2.34. The third kappa shape index (κ3) is 2.58. The molecule has 1 atom stereocenters. The zero-order valence-corrected chi connectivity index (χ0v) is 13.5. The average Bonchev–Trinajstić information content (AvgIpc) is 3.09. The molecule has 112 valence electrons. The van der Waals surface area contributed by atoms with Crippen LogP contribution in [0, 0.1) is 0 Å². The van der Waals surface area contributed by atoms with Crippen molar-refractivity contribution in [2.24, 2.45) is 0 Å². The first-order chi connectivity index (χ1) is 10.8. The smallest absolute Gasteiger partial charge is 0.109 e. The van der Waals surface area contributed by atoms with Crippen LogP contribution in [0.3, 0.4) is 0 Å². The van der Waals surface area contributed by atoms with Gasteiger partial charge in [-0.15, -0.1) is 11.3 Å². The molecule has 0 bridgehead atoms. The van der Waals surface area contributed by atoms with Crippen molar-refractivity contribution in [1.82, 2.24) is 4.98 Å². The fourth-order valence-electron chi connectivity index (χ4n) is 2.89. The predicted octanol–water partition coefficient (Wildman–Crippen LogP) is 4.53. The Morgan fingerprint density at radius 2 is 2.23 bits per heavy atom. The van der Waals surface area contributed by atoms with Crippen molar-refractivity contribution in [2.75, 3.05) is 24.6 Å². The minimum atomic E-state index is 0.135. The van der Waals surface area contributed by atoms with Crippen molar-refractivity contribution < 1.29 is 4.74 Å². The molecule has 0 aliphatic carbocycles. The topological polar surface area (TPSA) is 25.4 Å². The van der Waals surface area contributed by atoms with E-state index in [9.17, 15) is 0 Å². The third-order valence-electron chi connectivity index (χ3n) is 3.95. The summed E-state index contributed by atoms with van der Waals surface area (Å²) in [6.07, 6.45) is 2.00. The first-order valence-corrected chi connectivity index (χ1v) is 8.51. The van der Waals surface area contributed by atoms with Gasteiger partial charge in [-0.25, -0.2) is 0 Å². The SMILES string of the molecule is Clc1ccc2nccc(N3CCOC(c4cccs4)C3)c2c1. The zero-order chi connectivity index (χ0) is 14.9. The number of pyridine rings is 1. The van der Waals surface area contributed by atoms with Gasteiger partial charge in [0, 0.05) is 40.3 Å². The largest absolute Gasteiger partial charge is 0.369 e. The lowest BCUT2D eigenvalue weighted by atomic mass is 10.1. The van der Waals surface area contributed by atoms with Crippen LogP contribution in [0.1, 0.15) is 11.0 Å². The van der Waals surface area contributed by atoms with Crippen LogP contribution in [-0.2, 0) is 4.74 Å². The number of nitrogens with zero attached hydrogens (tertiary/aromatic N) is 2. The molecular formula is C17H15ClN2OS. The van der Waals surface area contributed by atoms with Crippen LogP contribution < -0.4 is 4.90 Å². The average molecular weight is 331 g/mol. The van der Waals surface area contributed by atoms with Gasteiger partial charge in [0.15, 0.2) is 0 Å². The highest BCUT2D eigenvalue weighted by Gasteiger charge is 2.24. The number of halogens is 1. The van der Waals surface area contributed by atoms with Crippen molar-refractivity contribution in [3.05, 3.63) is 57.9 Å². The van der Waals surface area contributed by atoms with E-state index in [-0.39, 0.29) is 6.10 Å². The molecule has 0 N–H and O–H groups in total. The number of hydrogen-bond donors (Lipinski definition) is 0. The summed E-state index contributed by atoms with van der Waals surface area (Å²) < 4.78 is 5.94. The van der Waals surface area contributed by atoms with Crippen molar-refractivity contribution in [3.63, 3.8) is 0 Å². The maximum atomic E-state index is 6.17. The second-order valence-electron chi connectivity index (χ2n) is 5.31. The lowest BCUT2D eigenvalue weighted by molar-refractivity contribution is 0.0422. The van der Waals surface area contributed by atoms with Crippen molar-refractivity contribution in [2.45, 2.75) is 6.10 Å². The molecule has 1 fully saturated rings. The van der Waals surface area contributed by atoms with Crippen LogP contribution in [0.2, 0.25) is 5.02 Å². The van der Waals surface area contributed by atoms with Crippen LogP contribution in [0.15, 0.2) is 48.0 Å². The van der Waals surface area contributed by atoms with Gasteiger partial charge in [0.1, 0.15) is 6.10 Å². The van der Waals surface area contributed by atoms with E-state index in [1.54, 1.807) is 11.3 Å². The standard InChI is InChI=1S/C17H15ClN2OS/c18-12-3-4-14-13(10-12)15(5-6-19-14)20-7-8-21-16(11-20)17-2-1-9-22-17/h1-6,9-10,16H,7-8,11H2. The quantitative estimate of drug-likeness (QED) is 0.690. The number of aromatic nitrogens is 1. The van der Waals surface area contributed by atoms with Crippen LogP contribution in [0.25, 0.3) is 10.9 Å². The molecule has 0 amide bonds. The maximum absolute atomic E-state index is 6.17. The highest BCUT2D eigenvalue weighted by atomic mass is 35.5. The predicted molar refractivity (Wildman–Crippen MR) is 92.0 cm³/mol. The first kappa shape index (κ1) is 14.0. The first-order valence-electron chi connectivity index (χ1n) is 7.25. The van der Waals surface area contributed by atoms with E-state index in [1.807, 2.05) is 24.4 Å². The van der Waals surface area contributed by atoms with Crippen LogP contribution in [-0.4, -0.2) is 24.7 Å². The van der Waals surface area contributed by atoms with E-state index in [4.69, 9.17) is 16.3 Å². The molecule has 3 nitrogen and oxygen atoms in total. The Hall–Kier alpha value is -1.62. The van der Waals surface area contributed by atoms with Gasteiger partial charge in [-0.2, -0.15) is 0 Å². The molecule has 0 spiro atoms. The van der Waals surface area contributed by atoms with E-state index in [2.05, 4.69) is 33.5 Å². The number of thiophene rings is 1. The number of anilines is 1. The van der Waals surface area contributed by atoms with Crippen molar-refractivity contribution in [3.8, 4) is 0 Å². The van der Waals surface area contributed by atoms with E-state index >= 15 is 0 Å². The zero-order valence-electron chi connectivity index (χ0n) is 11.9.